The SMILES string of the molecule is COC(=O)c1cncnc1OC.COc1ncncc1CO.[AlH3].[H-].[Li+]. The van der Waals surface area contributed by atoms with E-state index in [0.717, 1.165) is 0 Å². The van der Waals surface area contributed by atoms with Gasteiger partial charge in [0, 0.05) is 12.4 Å². The van der Waals surface area contributed by atoms with Crippen LogP contribution in [0.5, 0.6) is 11.8 Å². The van der Waals surface area contributed by atoms with Gasteiger partial charge in [0.05, 0.1) is 33.5 Å². The van der Waals surface area contributed by atoms with Crippen LogP contribution in [0.4, 0.5) is 0 Å². The first-order valence-electron chi connectivity index (χ1n) is 6.03. The van der Waals surface area contributed by atoms with Gasteiger partial charge >= 0.3 is 24.8 Å². The number of carbonyl (C=O) groups is 1. The van der Waals surface area contributed by atoms with Crippen LogP contribution in [0.2, 0.25) is 0 Å². The Balaban J connectivity index is -0.000000350. The van der Waals surface area contributed by atoms with Gasteiger partial charge in [-0.15, -0.1) is 0 Å². The van der Waals surface area contributed by atoms with E-state index in [1.807, 2.05) is 0 Å². The number of methoxy groups -OCH3 is 3. The van der Waals surface area contributed by atoms with Crippen molar-refractivity contribution in [3.05, 3.63) is 36.2 Å². The molecule has 2 aromatic rings. The predicted molar refractivity (Wildman–Crippen MR) is 85.5 cm³/mol. The molecule has 2 heterocycles. The first-order valence-corrected chi connectivity index (χ1v) is 6.03. The number of rotatable bonds is 4. The quantitative estimate of drug-likeness (QED) is 0.439. The van der Waals surface area contributed by atoms with Crippen molar-refractivity contribution in [1.82, 2.24) is 19.9 Å². The zero-order valence-corrected chi connectivity index (χ0v) is 13.4. The van der Waals surface area contributed by atoms with Gasteiger partial charge in [0.1, 0.15) is 18.2 Å². The molecule has 0 aliphatic heterocycles. The Labute approximate surface area is 163 Å². The maximum atomic E-state index is 11.0. The van der Waals surface area contributed by atoms with Gasteiger partial charge in [-0.2, -0.15) is 0 Å². The summed E-state index contributed by atoms with van der Waals surface area (Å²) in [7, 11) is 4.21. The molecule has 1 N–H and O–H groups in total. The molecule has 0 saturated carbocycles. The number of esters is 1. The summed E-state index contributed by atoms with van der Waals surface area (Å²) in [6, 6.07) is 0. The average molecular weight is 346 g/mol. The Kier molecular flexibility index (Phi) is 14.1. The summed E-state index contributed by atoms with van der Waals surface area (Å²) in [5, 5.41) is 8.69. The Morgan fingerprint density at radius 3 is 2.08 bits per heavy atom. The third-order valence-electron chi connectivity index (χ3n) is 2.38. The first-order chi connectivity index (χ1) is 10.7. The normalized spacial score (nSPS) is 8.50. The maximum Gasteiger partial charge on any atom is 1.00 e. The van der Waals surface area contributed by atoms with Crippen molar-refractivity contribution in [2.75, 3.05) is 21.3 Å². The smallest absolute Gasteiger partial charge is 1.00 e. The number of ether oxygens (including phenoxy) is 3. The Bertz CT molecular complexity index is 603. The Hall–Kier alpha value is -1.68. The summed E-state index contributed by atoms with van der Waals surface area (Å²) in [6.07, 6.45) is 5.53. The summed E-state index contributed by atoms with van der Waals surface area (Å²) in [4.78, 5) is 25.9. The minimum Gasteiger partial charge on any atom is -1.00 e. The van der Waals surface area contributed by atoms with Crippen molar-refractivity contribution in [2.45, 2.75) is 6.61 Å². The minimum atomic E-state index is -0.507. The predicted octanol–water partition coefficient (Wildman–Crippen LogP) is -3.82. The van der Waals surface area contributed by atoms with Gasteiger partial charge in [-0.1, -0.05) is 0 Å². The van der Waals surface area contributed by atoms with E-state index in [-0.39, 0.29) is 55.7 Å². The van der Waals surface area contributed by atoms with E-state index in [0.29, 0.717) is 11.4 Å². The topological polar surface area (TPSA) is 117 Å². The zero-order chi connectivity index (χ0) is 16.4. The minimum absolute atomic E-state index is 0. The summed E-state index contributed by atoms with van der Waals surface area (Å²) in [5.74, 6) is 0.141. The fraction of sp³-hybridized carbons (Fsp3) is 0.308. The molecular weight excluding hydrogens is 326 g/mol. The van der Waals surface area contributed by atoms with Gasteiger partial charge in [0.25, 0.3) is 0 Å². The summed E-state index contributed by atoms with van der Waals surface area (Å²) < 4.78 is 14.1. The molecule has 0 fully saturated rings. The number of nitrogens with zero attached hydrogens (tertiary/aromatic N) is 4. The molecule has 0 aliphatic carbocycles. The maximum absolute atomic E-state index is 11.0. The largest absolute Gasteiger partial charge is 1.00 e. The molecule has 0 radical (unpaired) electrons. The molecule has 24 heavy (non-hydrogen) atoms. The van der Waals surface area contributed by atoms with Gasteiger partial charge in [-0.25, -0.2) is 24.7 Å². The van der Waals surface area contributed by atoms with Crippen molar-refractivity contribution in [3.8, 4) is 11.8 Å². The number of hydrogen-bond donors (Lipinski definition) is 1. The van der Waals surface area contributed by atoms with E-state index in [1.165, 1.54) is 46.4 Å². The van der Waals surface area contributed by atoms with Crippen molar-refractivity contribution in [2.24, 2.45) is 0 Å². The van der Waals surface area contributed by atoms with Crippen LogP contribution in [0, 0.1) is 0 Å². The molecule has 11 heteroatoms. The first kappa shape index (κ1) is 24.6. The third-order valence-corrected chi connectivity index (χ3v) is 2.38. The molecule has 0 atom stereocenters. The van der Waals surface area contributed by atoms with Crippen LogP contribution >= 0.6 is 0 Å². The van der Waals surface area contributed by atoms with Gasteiger partial charge in [-0.05, 0) is 0 Å². The number of aromatic nitrogens is 4. The van der Waals surface area contributed by atoms with Crippen LogP contribution in [0.3, 0.4) is 0 Å². The molecule has 9 nitrogen and oxygen atoms in total. The second kappa shape index (κ2) is 13.7. The van der Waals surface area contributed by atoms with Crippen molar-refractivity contribution >= 4 is 23.3 Å². The van der Waals surface area contributed by atoms with Crippen LogP contribution in [0.1, 0.15) is 17.3 Å². The second-order valence-corrected chi connectivity index (χ2v) is 3.65. The molecule has 126 valence electrons. The molecule has 0 bridgehead atoms. The Morgan fingerprint density at radius 1 is 1.08 bits per heavy atom. The average Bonchev–Trinajstić information content (AvgIpc) is 2.61. The summed E-state index contributed by atoms with van der Waals surface area (Å²) >= 11 is 0. The van der Waals surface area contributed by atoms with Gasteiger partial charge < -0.3 is 20.7 Å². The van der Waals surface area contributed by atoms with E-state index >= 15 is 0 Å². The molecular formula is C13H20AlLiN4O5. The van der Waals surface area contributed by atoms with Crippen LogP contribution < -0.4 is 28.3 Å². The monoisotopic (exact) mass is 346 g/mol. The van der Waals surface area contributed by atoms with Crippen LogP contribution in [-0.2, 0) is 11.3 Å². The van der Waals surface area contributed by atoms with Crippen LogP contribution in [0.25, 0.3) is 0 Å². The van der Waals surface area contributed by atoms with E-state index in [4.69, 9.17) is 14.6 Å². The fourth-order valence-corrected chi connectivity index (χ4v) is 1.37. The van der Waals surface area contributed by atoms with Gasteiger partial charge in [0.2, 0.25) is 11.8 Å². The molecule has 2 rings (SSSR count). The number of aliphatic hydroxyl groups is 1. The van der Waals surface area contributed by atoms with Crippen molar-refractivity contribution in [3.63, 3.8) is 0 Å². The standard InChI is InChI=1S/C7H8N2O3.C6H8N2O2.Al.Li.4H/c1-11-6-5(7(10)12-2)3-8-4-9-6;1-10-6-5(3-9)2-7-4-8-6;;;;;;/h3-4H,1-2H3;2,4,9H,3H2,1H3;;;;;;/q;;;+1;;;;-1. The molecule has 0 amide bonds. The molecule has 0 unspecified atom stereocenters. The van der Waals surface area contributed by atoms with Crippen molar-refractivity contribution in [1.29, 1.82) is 0 Å². The van der Waals surface area contributed by atoms with E-state index in [9.17, 15) is 4.79 Å². The second-order valence-electron chi connectivity index (χ2n) is 3.65. The van der Waals surface area contributed by atoms with Crippen LogP contribution in [0.15, 0.2) is 25.0 Å². The number of hydrogen-bond acceptors (Lipinski definition) is 9. The van der Waals surface area contributed by atoms with E-state index in [1.54, 1.807) is 0 Å². The number of carbonyl (C=O) groups excluding carboxylic acids is 1. The Morgan fingerprint density at radius 2 is 1.62 bits per heavy atom. The molecule has 0 saturated heterocycles. The number of aliphatic hydroxyl groups excluding tert-OH is 1. The molecule has 0 spiro atoms. The summed E-state index contributed by atoms with van der Waals surface area (Å²) in [5.41, 5.74) is 0.826. The van der Waals surface area contributed by atoms with Gasteiger partial charge in [0.15, 0.2) is 17.4 Å². The molecule has 0 aliphatic rings. The van der Waals surface area contributed by atoms with E-state index in [2.05, 4.69) is 24.7 Å². The van der Waals surface area contributed by atoms with E-state index < -0.39 is 5.97 Å². The third kappa shape index (κ3) is 7.26. The van der Waals surface area contributed by atoms with Crippen molar-refractivity contribution < 1.29 is 44.4 Å². The molecule has 2 aromatic heterocycles. The fourth-order valence-electron chi connectivity index (χ4n) is 1.37. The zero-order valence-electron chi connectivity index (χ0n) is 14.4. The van der Waals surface area contributed by atoms with Gasteiger partial charge in [-0.3, -0.25) is 0 Å². The van der Waals surface area contributed by atoms with Crippen LogP contribution in [-0.4, -0.2) is 69.7 Å². The summed E-state index contributed by atoms with van der Waals surface area (Å²) in [6.45, 7) is -0.0932. The molecule has 0 aromatic carbocycles.